The molecule has 3 aromatic rings. The number of methoxy groups -OCH3 is 1. The van der Waals surface area contributed by atoms with E-state index in [2.05, 4.69) is 21.7 Å². The van der Waals surface area contributed by atoms with E-state index in [1.165, 1.54) is 0 Å². The molecule has 6 nitrogen and oxygen atoms in total. The van der Waals surface area contributed by atoms with Crippen LogP contribution in [0.1, 0.15) is 21.5 Å². The third-order valence-corrected chi connectivity index (χ3v) is 4.13. The zero-order chi connectivity index (χ0) is 19.8. The normalized spacial score (nSPS) is 10.0. The molecule has 2 N–H and O–H groups in total. The Bertz CT molecular complexity index is 1010. The second-order valence-corrected chi connectivity index (χ2v) is 6.10. The molecule has 0 saturated heterocycles. The number of pyridine rings is 1. The average Bonchev–Trinajstić information content (AvgIpc) is 2.74. The first-order chi connectivity index (χ1) is 13.7. The van der Waals surface area contributed by atoms with Crippen LogP contribution in [0.4, 0.5) is 11.5 Å². The van der Waals surface area contributed by atoms with Gasteiger partial charge in [0.15, 0.2) is 0 Å². The summed E-state index contributed by atoms with van der Waals surface area (Å²) in [4.78, 5) is 16.7. The highest BCUT2D eigenvalue weighted by Crippen LogP contribution is 2.15. The molecule has 0 aliphatic carbocycles. The fraction of sp³-hybridized carbons (Fsp3) is 0.136. The van der Waals surface area contributed by atoms with Crippen LogP contribution in [0.15, 0.2) is 66.9 Å². The van der Waals surface area contributed by atoms with Crippen molar-refractivity contribution >= 4 is 17.4 Å². The number of hydrogen-bond donors (Lipinski definition) is 2. The highest BCUT2D eigenvalue weighted by Gasteiger charge is 2.08. The summed E-state index contributed by atoms with van der Waals surface area (Å²) in [6.07, 6.45) is 2.39. The van der Waals surface area contributed by atoms with Gasteiger partial charge in [0.25, 0.3) is 5.91 Å². The molecular weight excluding hydrogens is 352 g/mol. The van der Waals surface area contributed by atoms with E-state index in [9.17, 15) is 4.79 Å². The number of nitrogens with one attached hydrogen (secondary N) is 2. The van der Waals surface area contributed by atoms with Crippen molar-refractivity contribution in [3.63, 3.8) is 0 Å². The lowest BCUT2D eigenvalue weighted by atomic mass is 10.1. The Kier molecular flexibility index (Phi) is 6.21. The van der Waals surface area contributed by atoms with Gasteiger partial charge in [-0.25, -0.2) is 4.98 Å². The minimum absolute atomic E-state index is 0.256. The quantitative estimate of drug-likeness (QED) is 0.657. The molecule has 2 aromatic carbocycles. The van der Waals surface area contributed by atoms with Gasteiger partial charge in [0.05, 0.1) is 18.7 Å². The van der Waals surface area contributed by atoms with Crippen LogP contribution in [-0.4, -0.2) is 24.5 Å². The van der Waals surface area contributed by atoms with Crippen LogP contribution in [0.3, 0.4) is 0 Å². The van der Waals surface area contributed by atoms with Crippen LogP contribution in [0.2, 0.25) is 0 Å². The van der Waals surface area contributed by atoms with E-state index in [-0.39, 0.29) is 5.91 Å². The minimum atomic E-state index is -0.256. The Morgan fingerprint density at radius 3 is 2.82 bits per heavy atom. The molecule has 0 aliphatic rings. The smallest absolute Gasteiger partial charge is 0.255 e. The fourth-order valence-electron chi connectivity index (χ4n) is 2.70. The first-order valence-electron chi connectivity index (χ1n) is 8.82. The van der Waals surface area contributed by atoms with E-state index < -0.39 is 0 Å². The highest BCUT2D eigenvalue weighted by atomic mass is 16.5. The van der Waals surface area contributed by atoms with Crippen molar-refractivity contribution in [1.82, 2.24) is 4.98 Å². The maximum atomic E-state index is 12.5. The summed E-state index contributed by atoms with van der Waals surface area (Å²) >= 11 is 0. The van der Waals surface area contributed by atoms with E-state index in [1.807, 2.05) is 24.3 Å². The molecule has 1 aromatic heterocycles. The van der Waals surface area contributed by atoms with E-state index in [4.69, 9.17) is 10.00 Å². The topological polar surface area (TPSA) is 87.0 Å². The Hall–Kier alpha value is -3.85. The predicted octanol–water partition coefficient (Wildman–Crippen LogP) is 3.87. The van der Waals surface area contributed by atoms with Crippen LogP contribution >= 0.6 is 0 Å². The summed E-state index contributed by atoms with van der Waals surface area (Å²) in [6.45, 7) is 0.676. The van der Waals surface area contributed by atoms with Crippen LogP contribution in [-0.2, 0) is 6.42 Å². The summed E-state index contributed by atoms with van der Waals surface area (Å²) in [6, 6.07) is 20.1. The van der Waals surface area contributed by atoms with E-state index >= 15 is 0 Å². The zero-order valence-electron chi connectivity index (χ0n) is 15.5. The number of carbonyl (C=O) groups excluding carboxylic acids is 1. The van der Waals surface area contributed by atoms with E-state index in [1.54, 1.807) is 49.7 Å². The third-order valence-electron chi connectivity index (χ3n) is 4.13. The Balaban J connectivity index is 1.60. The maximum absolute atomic E-state index is 12.5. The molecule has 1 amide bonds. The van der Waals surface area contributed by atoms with Crippen LogP contribution < -0.4 is 15.4 Å². The Morgan fingerprint density at radius 2 is 2.00 bits per heavy atom. The fourth-order valence-corrected chi connectivity index (χ4v) is 2.70. The molecule has 6 heteroatoms. The molecule has 3 rings (SSSR count). The first kappa shape index (κ1) is 18.9. The lowest BCUT2D eigenvalue weighted by molar-refractivity contribution is 0.102. The number of aromatic nitrogens is 1. The Morgan fingerprint density at radius 1 is 1.14 bits per heavy atom. The molecule has 0 fully saturated rings. The van der Waals surface area contributed by atoms with Crippen LogP contribution in [0, 0.1) is 11.3 Å². The summed E-state index contributed by atoms with van der Waals surface area (Å²) < 4.78 is 5.23. The molecule has 0 atom stereocenters. The van der Waals surface area contributed by atoms with Gasteiger partial charge in [-0.15, -0.1) is 0 Å². The number of benzene rings is 2. The average molecular weight is 372 g/mol. The number of hydrogen-bond acceptors (Lipinski definition) is 5. The van der Waals surface area contributed by atoms with Crippen molar-refractivity contribution in [1.29, 1.82) is 5.26 Å². The monoisotopic (exact) mass is 372 g/mol. The summed E-state index contributed by atoms with van der Waals surface area (Å²) in [5, 5.41) is 15.0. The van der Waals surface area contributed by atoms with Crippen LogP contribution in [0.5, 0.6) is 5.75 Å². The maximum Gasteiger partial charge on any atom is 0.255 e. The Labute approximate surface area is 163 Å². The van der Waals surface area contributed by atoms with Gasteiger partial charge in [-0.3, -0.25) is 4.79 Å². The molecule has 1 heterocycles. The zero-order valence-corrected chi connectivity index (χ0v) is 15.5. The van der Waals surface area contributed by atoms with Crippen molar-refractivity contribution in [3.8, 4) is 11.8 Å². The number of nitriles is 1. The largest absolute Gasteiger partial charge is 0.497 e. The van der Waals surface area contributed by atoms with Crippen molar-refractivity contribution in [3.05, 3.63) is 83.6 Å². The summed E-state index contributed by atoms with van der Waals surface area (Å²) in [5.74, 6) is 1.20. The highest BCUT2D eigenvalue weighted by molar-refractivity contribution is 6.04. The molecular formula is C22H20N4O2. The molecule has 0 spiro atoms. The molecule has 0 saturated carbocycles. The molecule has 28 heavy (non-hydrogen) atoms. The van der Waals surface area contributed by atoms with Gasteiger partial charge in [-0.2, -0.15) is 5.26 Å². The predicted molar refractivity (Wildman–Crippen MR) is 109 cm³/mol. The van der Waals surface area contributed by atoms with Gasteiger partial charge in [-0.05, 0) is 54.4 Å². The lowest BCUT2D eigenvalue weighted by Gasteiger charge is -2.09. The van der Waals surface area contributed by atoms with Crippen molar-refractivity contribution in [2.75, 3.05) is 24.3 Å². The number of carbonyl (C=O) groups is 1. The van der Waals surface area contributed by atoms with Gasteiger partial charge in [0.1, 0.15) is 11.6 Å². The molecule has 140 valence electrons. The lowest BCUT2D eigenvalue weighted by Crippen LogP contribution is -2.13. The standard InChI is InChI=1S/C22H20N4O2/c1-28-20-7-3-4-16(13-20)8-10-24-21-14-18(9-11-25-21)22(27)26-19-6-2-5-17(12-19)15-23/h2-7,9,11-14H,8,10H2,1H3,(H,24,25)(H,26,27). The SMILES string of the molecule is COc1cccc(CCNc2cc(C(=O)Nc3cccc(C#N)c3)ccn2)c1. The molecule has 0 bridgehead atoms. The van der Waals surface area contributed by atoms with Crippen molar-refractivity contribution < 1.29 is 9.53 Å². The van der Waals surface area contributed by atoms with E-state index in [0.29, 0.717) is 29.2 Å². The second kappa shape index (κ2) is 9.19. The van der Waals surface area contributed by atoms with Crippen molar-refractivity contribution in [2.45, 2.75) is 6.42 Å². The molecule has 0 radical (unpaired) electrons. The second-order valence-electron chi connectivity index (χ2n) is 6.10. The number of anilines is 2. The molecule has 0 aliphatic heterocycles. The van der Waals surface area contributed by atoms with Gasteiger partial charge < -0.3 is 15.4 Å². The van der Waals surface area contributed by atoms with Crippen LogP contribution in [0.25, 0.3) is 0 Å². The van der Waals surface area contributed by atoms with Crippen molar-refractivity contribution in [2.24, 2.45) is 0 Å². The first-order valence-corrected chi connectivity index (χ1v) is 8.82. The summed E-state index contributed by atoms with van der Waals surface area (Å²) in [7, 11) is 1.65. The number of amides is 1. The summed E-state index contributed by atoms with van der Waals surface area (Å²) in [5.41, 5.74) is 2.71. The van der Waals surface area contributed by atoms with Gasteiger partial charge in [0, 0.05) is 24.0 Å². The molecule has 0 unspecified atom stereocenters. The number of rotatable bonds is 7. The van der Waals surface area contributed by atoms with Gasteiger partial charge in [0.2, 0.25) is 0 Å². The van der Waals surface area contributed by atoms with Gasteiger partial charge in [-0.1, -0.05) is 18.2 Å². The number of ether oxygens (including phenoxy) is 1. The van der Waals surface area contributed by atoms with Gasteiger partial charge >= 0.3 is 0 Å². The van der Waals surface area contributed by atoms with E-state index in [0.717, 1.165) is 17.7 Å². The number of nitrogens with zero attached hydrogens (tertiary/aromatic N) is 2. The third kappa shape index (κ3) is 5.08. The minimum Gasteiger partial charge on any atom is -0.497 e.